The van der Waals surface area contributed by atoms with Crippen molar-refractivity contribution >= 4 is 23.0 Å². The number of hydrogen-bond donors (Lipinski definition) is 0. The standard InChI is InChI=1S/C23H21F2N5O/c1-14-7-26-9-20-18(14)8-28-29(20)13-22-10-23(11-22,12-22)21(31)30-19(2-3-27-30)15-4-16(24)6-17(25)5-15/h3-9,19H,2,10-13H2,1H3. The van der Waals surface area contributed by atoms with Crippen LogP contribution in [0, 0.1) is 29.4 Å². The summed E-state index contributed by atoms with van der Waals surface area (Å²) in [5, 5.41) is 11.3. The van der Waals surface area contributed by atoms with Gasteiger partial charge in [0.05, 0.1) is 29.4 Å². The number of hydrazone groups is 1. The number of rotatable bonds is 4. The third kappa shape index (κ3) is 2.66. The summed E-state index contributed by atoms with van der Waals surface area (Å²) in [5.74, 6) is -1.33. The van der Waals surface area contributed by atoms with E-state index in [1.54, 1.807) is 6.21 Å². The molecule has 6 nitrogen and oxygen atoms in total. The molecule has 158 valence electrons. The second-order valence-corrected chi connectivity index (χ2v) is 9.40. The van der Waals surface area contributed by atoms with E-state index < -0.39 is 23.1 Å². The van der Waals surface area contributed by atoms with Crippen molar-refractivity contribution in [2.75, 3.05) is 0 Å². The van der Waals surface area contributed by atoms with Crippen LogP contribution in [0.5, 0.6) is 0 Å². The molecule has 1 unspecified atom stereocenters. The quantitative estimate of drug-likeness (QED) is 0.636. The second kappa shape index (κ2) is 6.18. The van der Waals surface area contributed by atoms with Gasteiger partial charge in [-0.15, -0.1) is 0 Å². The van der Waals surface area contributed by atoms with E-state index in [2.05, 4.69) is 15.2 Å². The van der Waals surface area contributed by atoms with Crippen molar-refractivity contribution in [3.8, 4) is 0 Å². The smallest absolute Gasteiger partial charge is 0.249 e. The molecule has 31 heavy (non-hydrogen) atoms. The predicted molar refractivity (Wildman–Crippen MR) is 110 cm³/mol. The van der Waals surface area contributed by atoms with E-state index in [4.69, 9.17) is 0 Å². The van der Waals surface area contributed by atoms with Crippen molar-refractivity contribution in [1.29, 1.82) is 0 Å². The number of halogens is 2. The summed E-state index contributed by atoms with van der Waals surface area (Å²) in [5.41, 5.74) is 2.21. The molecule has 2 aromatic heterocycles. The average molecular weight is 421 g/mol. The molecule has 3 saturated carbocycles. The lowest BCUT2D eigenvalue weighted by molar-refractivity contribution is -0.223. The fraction of sp³-hybridized carbons (Fsp3) is 0.391. The Kier molecular flexibility index (Phi) is 3.71. The summed E-state index contributed by atoms with van der Waals surface area (Å²) in [6.07, 6.45) is 10.0. The summed E-state index contributed by atoms with van der Waals surface area (Å²) in [6, 6.07) is 2.95. The molecule has 0 spiro atoms. The first kappa shape index (κ1) is 18.6. The van der Waals surface area contributed by atoms with E-state index in [9.17, 15) is 13.6 Å². The lowest BCUT2D eigenvalue weighted by Gasteiger charge is -2.69. The van der Waals surface area contributed by atoms with Gasteiger partial charge in [0.25, 0.3) is 0 Å². The Balaban J connectivity index is 1.18. The van der Waals surface area contributed by atoms with Crippen molar-refractivity contribution in [3.63, 3.8) is 0 Å². The first-order valence-electron chi connectivity index (χ1n) is 10.5. The molecule has 0 N–H and O–H groups in total. The lowest BCUT2D eigenvalue weighted by Crippen LogP contribution is -2.68. The molecule has 1 aliphatic heterocycles. The van der Waals surface area contributed by atoms with E-state index >= 15 is 0 Å². The van der Waals surface area contributed by atoms with Gasteiger partial charge in [0.2, 0.25) is 5.91 Å². The molecule has 1 atom stereocenters. The molecule has 8 heteroatoms. The van der Waals surface area contributed by atoms with Gasteiger partial charge < -0.3 is 0 Å². The average Bonchev–Trinajstić information content (AvgIpc) is 3.30. The largest absolute Gasteiger partial charge is 0.272 e. The third-order valence-corrected chi connectivity index (χ3v) is 7.16. The summed E-state index contributed by atoms with van der Waals surface area (Å²) in [4.78, 5) is 17.6. The molecule has 3 aromatic rings. The monoisotopic (exact) mass is 421 g/mol. The minimum atomic E-state index is -0.644. The number of aryl methyl sites for hydroxylation is 1. The molecular weight excluding hydrogens is 400 g/mol. The third-order valence-electron chi connectivity index (χ3n) is 7.16. The Bertz CT molecular complexity index is 1230. The van der Waals surface area contributed by atoms with Crippen LogP contribution in [0.3, 0.4) is 0 Å². The van der Waals surface area contributed by atoms with Crippen LogP contribution in [-0.4, -0.2) is 31.9 Å². The molecule has 0 saturated heterocycles. The number of benzene rings is 1. The van der Waals surface area contributed by atoms with E-state index in [1.165, 1.54) is 17.1 Å². The van der Waals surface area contributed by atoms with Crippen LogP contribution in [0.15, 0.2) is 41.9 Å². The summed E-state index contributed by atoms with van der Waals surface area (Å²) < 4.78 is 29.4. The highest BCUT2D eigenvalue weighted by Crippen LogP contribution is 2.74. The van der Waals surface area contributed by atoms with Crippen LogP contribution >= 0.6 is 0 Å². The highest BCUT2D eigenvalue weighted by molar-refractivity contribution is 5.88. The highest BCUT2D eigenvalue weighted by Gasteiger charge is 2.72. The Morgan fingerprint density at radius 3 is 2.61 bits per heavy atom. The minimum Gasteiger partial charge on any atom is -0.272 e. The van der Waals surface area contributed by atoms with Crippen LogP contribution in [0.1, 0.15) is 42.9 Å². The second-order valence-electron chi connectivity index (χ2n) is 9.40. The number of hydrogen-bond acceptors (Lipinski definition) is 4. The van der Waals surface area contributed by atoms with E-state index in [1.807, 2.05) is 30.2 Å². The Morgan fingerprint density at radius 1 is 1.13 bits per heavy atom. The van der Waals surface area contributed by atoms with E-state index in [0.29, 0.717) is 12.0 Å². The van der Waals surface area contributed by atoms with E-state index in [0.717, 1.165) is 48.3 Å². The molecule has 7 rings (SSSR count). The Morgan fingerprint density at radius 2 is 1.87 bits per heavy atom. The summed E-state index contributed by atoms with van der Waals surface area (Å²) in [6.45, 7) is 2.78. The normalized spacial score (nSPS) is 28.6. The number of aromatic nitrogens is 3. The zero-order valence-electron chi connectivity index (χ0n) is 17.1. The summed E-state index contributed by atoms with van der Waals surface area (Å²) in [7, 11) is 0. The zero-order chi connectivity index (χ0) is 21.4. The zero-order valence-corrected chi connectivity index (χ0v) is 17.1. The molecular formula is C23H21F2N5O. The fourth-order valence-electron chi connectivity index (χ4n) is 5.86. The van der Waals surface area contributed by atoms with Crippen LogP contribution < -0.4 is 0 Å². The predicted octanol–water partition coefficient (Wildman–Crippen LogP) is 4.15. The van der Waals surface area contributed by atoms with Crippen molar-refractivity contribution in [3.05, 3.63) is 59.6 Å². The molecule has 1 amide bonds. The lowest BCUT2D eigenvalue weighted by atomic mass is 9.34. The van der Waals surface area contributed by atoms with Gasteiger partial charge >= 0.3 is 0 Å². The van der Waals surface area contributed by atoms with Gasteiger partial charge in [-0.05, 0) is 54.9 Å². The number of amides is 1. The minimum absolute atomic E-state index is 0.0411. The van der Waals surface area contributed by atoms with Crippen molar-refractivity contribution in [2.24, 2.45) is 15.9 Å². The summed E-state index contributed by atoms with van der Waals surface area (Å²) >= 11 is 0. The van der Waals surface area contributed by atoms with E-state index in [-0.39, 0.29) is 11.3 Å². The van der Waals surface area contributed by atoms with Gasteiger partial charge in [-0.1, -0.05) is 0 Å². The molecule has 2 bridgehead atoms. The number of carbonyl (C=O) groups excluding carboxylic acids is 1. The van der Waals surface area contributed by atoms with Gasteiger partial charge in [0, 0.05) is 36.8 Å². The van der Waals surface area contributed by atoms with Crippen LogP contribution in [0.2, 0.25) is 0 Å². The first-order chi connectivity index (χ1) is 14.9. The number of carbonyl (C=O) groups is 1. The maximum atomic E-state index is 13.7. The molecule has 4 aliphatic rings. The first-order valence-corrected chi connectivity index (χ1v) is 10.5. The van der Waals surface area contributed by atoms with Crippen LogP contribution in [0.25, 0.3) is 10.9 Å². The molecule has 1 aromatic carbocycles. The highest BCUT2D eigenvalue weighted by atomic mass is 19.1. The van der Waals surface area contributed by atoms with Crippen molar-refractivity contribution < 1.29 is 13.6 Å². The van der Waals surface area contributed by atoms with Gasteiger partial charge in [0.1, 0.15) is 11.6 Å². The maximum Gasteiger partial charge on any atom is 0.249 e. The van der Waals surface area contributed by atoms with Crippen LogP contribution in [-0.2, 0) is 11.3 Å². The van der Waals surface area contributed by atoms with Crippen molar-refractivity contribution in [1.82, 2.24) is 19.8 Å². The maximum absolute atomic E-state index is 13.7. The number of nitrogens with zero attached hydrogens (tertiary/aromatic N) is 5. The Labute approximate surface area is 177 Å². The molecule has 3 fully saturated rings. The van der Waals surface area contributed by atoms with Gasteiger partial charge in [-0.2, -0.15) is 10.2 Å². The fourth-order valence-corrected chi connectivity index (χ4v) is 5.86. The molecule has 3 heterocycles. The number of fused-ring (bicyclic) bond motifs is 1. The van der Waals surface area contributed by atoms with Crippen LogP contribution in [0.4, 0.5) is 8.78 Å². The van der Waals surface area contributed by atoms with Gasteiger partial charge in [-0.3, -0.25) is 14.5 Å². The van der Waals surface area contributed by atoms with Gasteiger partial charge in [-0.25, -0.2) is 13.8 Å². The van der Waals surface area contributed by atoms with Gasteiger partial charge in [0.15, 0.2) is 0 Å². The molecule has 3 aliphatic carbocycles. The number of pyridine rings is 1. The Hall–Kier alpha value is -3.16. The molecule has 0 radical (unpaired) electrons. The topological polar surface area (TPSA) is 63.4 Å². The van der Waals surface area contributed by atoms with Crippen molar-refractivity contribution in [2.45, 2.75) is 45.2 Å². The SMILES string of the molecule is Cc1cncc2c1cnn2CC12CC(C(=O)N3N=CCC3c3cc(F)cc(F)c3)(C1)C2.